The minimum Gasteiger partial charge on any atom is -0.351 e. The van der Waals surface area contributed by atoms with Gasteiger partial charge >= 0.3 is 0 Å². The Morgan fingerprint density at radius 2 is 2.04 bits per heavy atom. The van der Waals surface area contributed by atoms with Crippen LogP contribution in [0.1, 0.15) is 35.0 Å². The smallest absolute Gasteiger partial charge is 0.254 e. The lowest BCUT2D eigenvalue weighted by Gasteiger charge is -2.12. The largest absolute Gasteiger partial charge is 0.351 e. The number of carbonyl (C=O) groups excluding carboxylic acids is 1. The maximum absolute atomic E-state index is 12.5. The number of hydrogen-bond acceptors (Lipinski definition) is 3. The van der Waals surface area contributed by atoms with Gasteiger partial charge in [0.2, 0.25) is 0 Å². The molecule has 5 nitrogen and oxygen atoms in total. The summed E-state index contributed by atoms with van der Waals surface area (Å²) in [5, 5.41) is 7.45. The zero-order chi connectivity index (χ0) is 16.8. The number of carbonyl (C=O) groups is 1. The molecule has 124 valence electrons. The molecule has 0 spiro atoms. The predicted molar refractivity (Wildman–Crippen MR) is 93.2 cm³/mol. The van der Waals surface area contributed by atoms with E-state index in [1.165, 1.54) is 0 Å². The molecule has 1 N–H and O–H groups in total. The summed E-state index contributed by atoms with van der Waals surface area (Å²) in [4.78, 5) is 14.5. The van der Waals surface area contributed by atoms with Crippen molar-refractivity contribution in [1.82, 2.24) is 20.0 Å². The molecular weight excluding hydrogens is 288 g/mol. The van der Waals surface area contributed by atoms with Gasteiger partial charge in [-0.2, -0.15) is 5.10 Å². The number of nitrogens with zero attached hydrogens (tertiary/aromatic N) is 3. The van der Waals surface area contributed by atoms with Crippen LogP contribution in [0.5, 0.6) is 0 Å². The Labute approximate surface area is 138 Å². The number of aryl methyl sites for hydroxylation is 1. The number of benzene rings is 1. The average molecular weight is 314 g/mol. The van der Waals surface area contributed by atoms with Gasteiger partial charge in [-0.1, -0.05) is 31.5 Å². The zero-order valence-electron chi connectivity index (χ0n) is 14.5. The Kier molecular flexibility index (Phi) is 5.93. The molecule has 1 amide bonds. The van der Waals surface area contributed by atoms with Gasteiger partial charge < -0.3 is 10.2 Å². The molecule has 0 aliphatic carbocycles. The fourth-order valence-corrected chi connectivity index (χ4v) is 2.54. The fraction of sp³-hybridized carbons (Fsp3) is 0.444. The Balaban J connectivity index is 2.28. The van der Waals surface area contributed by atoms with Gasteiger partial charge in [-0.15, -0.1) is 0 Å². The molecule has 0 aliphatic rings. The lowest BCUT2D eigenvalue weighted by atomic mass is 10.1. The Morgan fingerprint density at radius 3 is 2.70 bits per heavy atom. The van der Waals surface area contributed by atoms with Crippen LogP contribution in [-0.4, -0.2) is 47.8 Å². The van der Waals surface area contributed by atoms with Gasteiger partial charge in [0.15, 0.2) is 0 Å². The molecule has 0 saturated heterocycles. The van der Waals surface area contributed by atoms with E-state index in [-0.39, 0.29) is 5.91 Å². The number of para-hydroxylation sites is 1. The summed E-state index contributed by atoms with van der Waals surface area (Å²) in [5.74, 6) is -0.0462. The lowest BCUT2D eigenvalue weighted by molar-refractivity contribution is 0.0950. The first-order valence-electron chi connectivity index (χ1n) is 8.10. The quantitative estimate of drug-likeness (QED) is 0.854. The van der Waals surface area contributed by atoms with Gasteiger partial charge in [-0.05, 0) is 39.1 Å². The highest BCUT2D eigenvalue weighted by Gasteiger charge is 2.18. The minimum absolute atomic E-state index is 0.0462. The molecule has 1 heterocycles. The van der Waals surface area contributed by atoms with Crippen molar-refractivity contribution >= 4 is 5.91 Å². The van der Waals surface area contributed by atoms with Crippen LogP contribution in [0.4, 0.5) is 0 Å². The molecule has 2 aromatic rings. The van der Waals surface area contributed by atoms with Crippen molar-refractivity contribution in [2.24, 2.45) is 0 Å². The first-order valence-corrected chi connectivity index (χ1v) is 8.10. The zero-order valence-corrected chi connectivity index (χ0v) is 14.5. The monoisotopic (exact) mass is 314 g/mol. The summed E-state index contributed by atoms with van der Waals surface area (Å²) in [6, 6.07) is 8.10. The Hall–Kier alpha value is -2.14. The van der Waals surface area contributed by atoms with Crippen molar-refractivity contribution in [3.63, 3.8) is 0 Å². The van der Waals surface area contributed by atoms with Crippen LogP contribution in [0.2, 0.25) is 0 Å². The minimum atomic E-state index is -0.0462. The Morgan fingerprint density at radius 1 is 1.30 bits per heavy atom. The highest BCUT2D eigenvalue weighted by Crippen LogP contribution is 2.19. The van der Waals surface area contributed by atoms with E-state index in [1.807, 2.05) is 41.9 Å². The highest BCUT2D eigenvalue weighted by molar-refractivity contribution is 5.95. The van der Waals surface area contributed by atoms with E-state index in [1.54, 1.807) is 6.20 Å². The summed E-state index contributed by atoms with van der Waals surface area (Å²) in [7, 11) is 3.98. The van der Waals surface area contributed by atoms with Crippen molar-refractivity contribution in [1.29, 1.82) is 0 Å². The molecule has 2 rings (SSSR count). The standard InChI is InChI=1S/C18H26N4O/c1-5-8-17-15(18(23)19-11-12-21(3)4)13-20-22(17)16-10-7-6-9-14(16)2/h6-7,9-10,13H,5,8,11-12H2,1-4H3,(H,19,23). The second kappa shape index (κ2) is 7.92. The highest BCUT2D eigenvalue weighted by atomic mass is 16.1. The maximum Gasteiger partial charge on any atom is 0.254 e. The number of rotatable bonds is 7. The molecule has 1 aromatic heterocycles. The van der Waals surface area contributed by atoms with Gasteiger partial charge in [-0.3, -0.25) is 4.79 Å². The molecular formula is C18H26N4O. The average Bonchev–Trinajstić information content (AvgIpc) is 2.91. The SMILES string of the molecule is CCCc1c(C(=O)NCCN(C)C)cnn1-c1ccccc1C. The fourth-order valence-electron chi connectivity index (χ4n) is 2.54. The molecule has 0 unspecified atom stereocenters. The summed E-state index contributed by atoms with van der Waals surface area (Å²) in [6.07, 6.45) is 3.47. The molecule has 23 heavy (non-hydrogen) atoms. The summed E-state index contributed by atoms with van der Waals surface area (Å²) in [5.41, 5.74) is 3.83. The molecule has 0 saturated carbocycles. The first kappa shape index (κ1) is 17.2. The van der Waals surface area contributed by atoms with E-state index in [4.69, 9.17) is 0 Å². The van der Waals surface area contributed by atoms with Crippen molar-refractivity contribution in [2.45, 2.75) is 26.7 Å². The van der Waals surface area contributed by atoms with Crippen molar-refractivity contribution in [2.75, 3.05) is 27.2 Å². The molecule has 0 radical (unpaired) electrons. The van der Waals surface area contributed by atoms with Crippen LogP contribution >= 0.6 is 0 Å². The van der Waals surface area contributed by atoms with Gasteiger partial charge in [-0.25, -0.2) is 4.68 Å². The van der Waals surface area contributed by atoms with Gasteiger partial charge in [0.25, 0.3) is 5.91 Å². The van der Waals surface area contributed by atoms with E-state index in [0.29, 0.717) is 12.1 Å². The summed E-state index contributed by atoms with van der Waals surface area (Å²) < 4.78 is 1.90. The van der Waals surface area contributed by atoms with Crippen LogP contribution < -0.4 is 5.32 Å². The van der Waals surface area contributed by atoms with Crippen molar-refractivity contribution in [3.8, 4) is 5.69 Å². The van der Waals surface area contributed by atoms with Crippen LogP contribution in [0, 0.1) is 6.92 Å². The topological polar surface area (TPSA) is 50.2 Å². The van der Waals surface area contributed by atoms with Crippen LogP contribution in [0.15, 0.2) is 30.5 Å². The van der Waals surface area contributed by atoms with E-state index >= 15 is 0 Å². The molecule has 0 atom stereocenters. The van der Waals surface area contributed by atoms with Gasteiger partial charge in [0.1, 0.15) is 0 Å². The second-order valence-corrected chi connectivity index (χ2v) is 6.01. The van der Waals surface area contributed by atoms with E-state index in [2.05, 4.69) is 30.3 Å². The molecule has 1 aromatic carbocycles. The van der Waals surface area contributed by atoms with E-state index in [0.717, 1.165) is 36.3 Å². The van der Waals surface area contributed by atoms with E-state index < -0.39 is 0 Å². The third kappa shape index (κ3) is 4.20. The predicted octanol–water partition coefficient (Wildman–Crippen LogP) is 2.42. The normalized spacial score (nSPS) is 11.0. The van der Waals surface area contributed by atoms with Crippen LogP contribution in [0.25, 0.3) is 5.69 Å². The lowest BCUT2D eigenvalue weighted by Crippen LogP contribution is -2.31. The second-order valence-electron chi connectivity index (χ2n) is 6.01. The number of nitrogens with one attached hydrogen (secondary N) is 1. The summed E-state index contributed by atoms with van der Waals surface area (Å²) in [6.45, 7) is 5.63. The molecule has 5 heteroatoms. The maximum atomic E-state index is 12.5. The van der Waals surface area contributed by atoms with E-state index in [9.17, 15) is 4.79 Å². The van der Waals surface area contributed by atoms with Crippen LogP contribution in [-0.2, 0) is 6.42 Å². The third-order valence-electron chi connectivity index (χ3n) is 3.79. The number of likely N-dealkylation sites (N-methyl/N-ethyl adjacent to an activating group) is 1. The first-order chi connectivity index (χ1) is 11.0. The summed E-state index contributed by atoms with van der Waals surface area (Å²) >= 11 is 0. The molecule has 0 aliphatic heterocycles. The van der Waals surface area contributed by atoms with Crippen molar-refractivity contribution < 1.29 is 4.79 Å². The number of aromatic nitrogens is 2. The number of amides is 1. The molecule has 0 fully saturated rings. The van der Waals surface area contributed by atoms with Gasteiger partial charge in [0.05, 0.1) is 23.1 Å². The van der Waals surface area contributed by atoms with Crippen molar-refractivity contribution in [3.05, 3.63) is 47.3 Å². The molecule has 0 bridgehead atoms. The Bertz CT molecular complexity index is 661. The van der Waals surface area contributed by atoms with Crippen LogP contribution in [0.3, 0.4) is 0 Å². The number of hydrogen-bond donors (Lipinski definition) is 1. The third-order valence-corrected chi connectivity index (χ3v) is 3.79. The van der Waals surface area contributed by atoms with Gasteiger partial charge in [0, 0.05) is 13.1 Å².